The van der Waals surface area contributed by atoms with Crippen LogP contribution in [0.1, 0.15) is 25.0 Å². The van der Waals surface area contributed by atoms with Gasteiger partial charge < -0.3 is 14.8 Å². The van der Waals surface area contributed by atoms with E-state index in [1.165, 1.54) is 18.2 Å². The third kappa shape index (κ3) is 6.10. The maximum atomic E-state index is 13.4. The Morgan fingerprint density at radius 2 is 1.40 bits per heavy atom. The van der Waals surface area contributed by atoms with Gasteiger partial charge in [0.05, 0.1) is 24.5 Å². The Kier molecular flexibility index (Phi) is 8.03. The lowest BCUT2D eigenvalue weighted by molar-refractivity contribution is -0.146. The van der Waals surface area contributed by atoms with Crippen molar-refractivity contribution < 1.29 is 32.2 Å². The topological polar surface area (TPSA) is 64.6 Å². The van der Waals surface area contributed by atoms with Gasteiger partial charge in [-0.05, 0) is 31.5 Å². The molecular weight excluding hydrogens is 399 g/mol. The molecule has 2 aromatic carbocycles. The van der Waals surface area contributed by atoms with Crippen LogP contribution in [0.15, 0.2) is 65.9 Å². The van der Waals surface area contributed by atoms with E-state index in [4.69, 9.17) is 9.47 Å². The van der Waals surface area contributed by atoms with E-state index in [0.29, 0.717) is 5.56 Å². The molecule has 0 atom stereocenters. The molecule has 0 unspecified atom stereocenters. The molecule has 0 saturated carbocycles. The fourth-order valence-corrected chi connectivity index (χ4v) is 2.73. The Hall–Kier alpha value is -3.29. The number of carbonyl (C=O) groups excluding carboxylic acids is 2. The zero-order valence-electron chi connectivity index (χ0n) is 16.6. The summed E-state index contributed by atoms with van der Waals surface area (Å²) in [5.74, 6) is -1.95. The number of para-hydroxylation sites is 1. The summed E-state index contributed by atoms with van der Waals surface area (Å²) >= 11 is 0. The van der Waals surface area contributed by atoms with Gasteiger partial charge in [-0.2, -0.15) is 13.2 Å². The molecule has 0 aliphatic carbocycles. The fourth-order valence-electron chi connectivity index (χ4n) is 2.73. The van der Waals surface area contributed by atoms with E-state index in [1.54, 1.807) is 44.2 Å². The van der Waals surface area contributed by atoms with Crippen molar-refractivity contribution in [2.24, 2.45) is 0 Å². The lowest BCUT2D eigenvalue weighted by atomic mass is 10.0. The van der Waals surface area contributed by atoms with Crippen molar-refractivity contribution in [2.75, 3.05) is 18.5 Å². The minimum atomic E-state index is -4.63. The first-order valence-corrected chi connectivity index (χ1v) is 9.32. The molecular formula is C22H22F3NO4. The van der Waals surface area contributed by atoms with Gasteiger partial charge in [0.2, 0.25) is 0 Å². The quantitative estimate of drug-likeness (QED) is 0.289. The summed E-state index contributed by atoms with van der Waals surface area (Å²) in [7, 11) is 0. The van der Waals surface area contributed by atoms with E-state index in [2.05, 4.69) is 5.32 Å². The number of alkyl halides is 3. The molecule has 0 aromatic heterocycles. The molecule has 1 N–H and O–H groups in total. The molecule has 0 fully saturated rings. The maximum Gasteiger partial charge on any atom is 0.418 e. The Labute approximate surface area is 172 Å². The number of benzene rings is 2. The SMILES string of the molecule is CCOC(=O)C(C(=O)OCC)=C(Cc1ccccc1)Nc1ccccc1C(F)(F)F. The average Bonchev–Trinajstić information content (AvgIpc) is 2.69. The number of carbonyl (C=O) groups is 2. The van der Waals surface area contributed by atoms with Crippen LogP contribution in [0.5, 0.6) is 0 Å². The van der Waals surface area contributed by atoms with Crippen molar-refractivity contribution in [3.63, 3.8) is 0 Å². The first-order valence-electron chi connectivity index (χ1n) is 9.32. The van der Waals surface area contributed by atoms with Gasteiger partial charge in [-0.15, -0.1) is 0 Å². The van der Waals surface area contributed by atoms with Gasteiger partial charge in [0.1, 0.15) is 0 Å². The normalized spacial score (nSPS) is 10.8. The Morgan fingerprint density at radius 3 is 1.93 bits per heavy atom. The largest absolute Gasteiger partial charge is 0.462 e. The molecule has 0 spiro atoms. The molecule has 30 heavy (non-hydrogen) atoms. The number of anilines is 1. The van der Waals surface area contributed by atoms with Crippen LogP contribution in [0, 0.1) is 0 Å². The van der Waals surface area contributed by atoms with E-state index in [9.17, 15) is 22.8 Å². The molecule has 0 radical (unpaired) electrons. The van der Waals surface area contributed by atoms with Crippen LogP contribution in [0.25, 0.3) is 0 Å². The van der Waals surface area contributed by atoms with Crippen LogP contribution < -0.4 is 5.32 Å². The Balaban J connectivity index is 2.62. The maximum absolute atomic E-state index is 13.4. The number of hydrogen-bond acceptors (Lipinski definition) is 5. The predicted molar refractivity (Wildman–Crippen MR) is 106 cm³/mol. The highest BCUT2D eigenvalue weighted by Gasteiger charge is 2.34. The second kappa shape index (κ2) is 10.5. The summed E-state index contributed by atoms with van der Waals surface area (Å²) in [5.41, 5.74) is -1.06. The molecule has 0 amide bonds. The number of rotatable bonds is 8. The van der Waals surface area contributed by atoms with Crippen molar-refractivity contribution in [1.29, 1.82) is 0 Å². The van der Waals surface area contributed by atoms with Gasteiger partial charge in [-0.25, -0.2) is 9.59 Å². The Morgan fingerprint density at radius 1 is 0.867 bits per heavy atom. The van der Waals surface area contributed by atoms with Crippen LogP contribution in [0.4, 0.5) is 18.9 Å². The standard InChI is InChI=1S/C22H22F3NO4/c1-3-29-20(27)19(21(28)30-4-2)18(14-15-10-6-5-7-11-15)26-17-13-9-8-12-16(17)22(23,24)25/h5-13,26H,3-4,14H2,1-2H3. The second-order valence-electron chi connectivity index (χ2n) is 6.13. The predicted octanol–water partition coefficient (Wildman–Crippen LogP) is 4.74. The van der Waals surface area contributed by atoms with Gasteiger partial charge in [0.25, 0.3) is 0 Å². The van der Waals surface area contributed by atoms with Gasteiger partial charge in [-0.1, -0.05) is 42.5 Å². The van der Waals surface area contributed by atoms with Crippen molar-refractivity contribution in [2.45, 2.75) is 26.4 Å². The molecule has 2 aromatic rings. The van der Waals surface area contributed by atoms with Gasteiger partial charge in [0, 0.05) is 12.1 Å². The van der Waals surface area contributed by atoms with Crippen LogP contribution in [-0.4, -0.2) is 25.2 Å². The number of hydrogen-bond donors (Lipinski definition) is 1. The number of nitrogens with one attached hydrogen (secondary N) is 1. The third-order valence-corrected chi connectivity index (χ3v) is 4.00. The minimum absolute atomic E-state index is 0.0139. The van der Waals surface area contributed by atoms with Crippen LogP contribution in [0.3, 0.4) is 0 Å². The lowest BCUT2D eigenvalue weighted by Gasteiger charge is -2.19. The van der Waals surface area contributed by atoms with Crippen molar-refractivity contribution in [3.05, 3.63) is 77.0 Å². The molecule has 0 bridgehead atoms. The molecule has 8 heteroatoms. The fraction of sp³-hybridized carbons (Fsp3) is 0.273. The summed E-state index contributed by atoms with van der Waals surface area (Å²) in [4.78, 5) is 25.0. The highest BCUT2D eigenvalue weighted by Crippen LogP contribution is 2.35. The summed E-state index contributed by atoms with van der Waals surface area (Å²) in [6, 6.07) is 13.5. The van der Waals surface area contributed by atoms with Crippen LogP contribution in [0.2, 0.25) is 0 Å². The van der Waals surface area contributed by atoms with Gasteiger partial charge in [0.15, 0.2) is 5.57 Å². The highest BCUT2D eigenvalue weighted by molar-refractivity contribution is 6.15. The van der Waals surface area contributed by atoms with E-state index < -0.39 is 29.3 Å². The van der Waals surface area contributed by atoms with Crippen molar-refractivity contribution in [3.8, 4) is 0 Å². The van der Waals surface area contributed by atoms with E-state index in [-0.39, 0.29) is 31.0 Å². The number of allylic oxidation sites excluding steroid dienone is 1. The smallest absolute Gasteiger partial charge is 0.418 e. The van der Waals surface area contributed by atoms with Crippen molar-refractivity contribution >= 4 is 17.6 Å². The first-order chi connectivity index (χ1) is 14.3. The summed E-state index contributed by atoms with van der Waals surface area (Å²) < 4.78 is 50.3. The molecule has 0 heterocycles. The van der Waals surface area contributed by atoms with Gasteiger partial charge in [-0.3, -0.25) is 0 Å². The summed E-state index contributed by atoms with van der Waals surface area (Å²) in [6.45, 7) is 3.09. The number of ether oxygens (including phenoxy) is 2. The van der Waals surface area contributed by atoms with E-state index >= 15 is 0 Å². The molecule has 0 aliphatic heterocycles. The second-order valence-corrected chi connectivity index (χ2v) is 6.13. The number of esters is 2. The summed E-state index contributed by atoms with van der Waals surface area (Å²) in [5, 5.41) is 2.64. The van der Waals surface area contributed by atoms with Crippen LogP contribution in [-0.2, 0) is 31.7 Å². The molecule has 0 aliphatic rings. The van der Waals surface area contributed by atoms with Crippen LogP contribution >= 0.6 is 0 Å². The Bertz CT molecular complexity index is 888. The number of halogens is 3. The zero-order chi connectivity index (χ0) is 22.1. The lowest BCUT2D eigenvalue weighted by Crippen LogP contribution is -2.24. The molecule has 2 rings (SSSR count). The molecule has 0 saturated heterocycles. The van der Waals surface area contributed by atoms with Crippen molar-refractivity contribution in [1.82, 2.24) is 0 Å². The average molecular weight is 421 g/mol. The highest BCUT2D eigenvalue weighted by atomic mass is 19.4. The zero-order valence-corrected chi connectivity index (χ0v) is 16.6. The minimum Gasteiger partial charge on any atom is -0.462 e. The van der Waals surface area contributed by atoms with E-state index in [0.717, 1.165) is 6.07 Å². The summed E-state index contributed by atoms with van der Waals surface area (Å²) in [6.07, 6.45) is -4.64. The van der Waals surface area contributed by atoms with Gasteiger partial charge >= 0.3 is 18.1 Å². The monoisotopic (exact) mass is 421 g/mol. The van der Waals surface area contributed by atoms with E-state index in [1.807, 2.05) is 0 Å². The molecule has 160 valence electrons. The first kappa shape index (κ1) is 23.0. The molecule has 5 nitrogen and oxygen atoms in total. The third-order valence-electron chi connectivity index (χ3n) is 4.00.